The van der Waals surface area contributed by atoms with Gasteiger partial charge in [0.15, 0.2) is 0 Å². The van der Waals surface area contributed by atoms with E-state index in [0.29, 0.717) is 0 Å². The van der Waals surface area contributed by atoms with Crippen LogP contribution in [-0.2, 0) is 16.8 Å². The SMILES string of the molecule is O=C([O-])[O-].O=C([O-])[O-].O=C([O-])[O-].[Co+3].[Na+].[Na+].[Na+]. The van der Waals surface area contributed by atoms with Crippen LogP contribution in [0.3, 0.4) is 0 Å². The molecule has 0 atom stereocenters. The molecule has 0 saturated heterocycles. The normalized spacial score (nSPS) is 4.50. The molecule has 13 heteroatoms. The van der Waals surface area contributed by atoms with Gasteiger partial charge in [0, 0.05) is 0 Å². The number of hydrogen-bond donors (Lipinski definition) is 0. The molecule has 0 spiro atoms. The third-order valence-electron chi connectivity index (χ3n) is 0. The molecule has 0 aromatic heterocycles. The topological polar surface area (TPSA) is 190 Å². The van der Waals surface area contributed by atoms with Crippen molar-refractivity contribution in [2.24, 2.45) is 0 Å². The van der Waals surface area contributed by atoms with Crippen LogP contribution in [0.15, 0.2) is 0 Å². The molecule has 0 aromatic rings. The minimum atomic E-state index is -2.33. The third-order valence-corrected chi connectivity index (χ3v) is 0. The zero-order chi connectivity index (χ0) is 10.7. The average molecular weight is 308 g/mol. The zero-order valence-corrected chi connectivity index (χ0v) is 15.5. The Kier molecular flexibility index (Phi) is 97.4. The average Bonchev–Trinajstić information content (AvgIpc) is 1.54. The summed E-state index contributed by atoms with van der Waals surface area (Å²) in [6.45, 7) is 0. The molecule has 9 nitrogen and oxygen atoms in total. The Labute approximate surface area is 166 Å². The van der Waals surface area contributed by atoms with Gasteiger partial charge in [-0.1, -0.05) is 0 Å². The van der Waals surface area contributed by atoms with E-state index in [1.807, 2.05) is 0 Å². The summed E-state index contributed by atoms with van der Waals surface area (Å²) in [6.07, 6.45) is -7.00. The van der Waals surface area contributed by atoms with E-state index in [1.54, 1.807) is 0 Å². The number of carbonyl (C=O) groups excluding carboxylic acids is 3. The first-order valence-electron chi connectivity index (χ1n) is 1.84. The molecule has 0 aliphatic rings. The minimum Gasteiger partial charge on any atom is -0.652 e. The molecular formula is C3CoNa3O9. The van der Waals surface area contributed by atoms with E-state index in [4.69, 9.17) is 45.0 Å². The zero-order valence-electron chi connectivity index (χ0n) is 8.51. The Hall–Kier alpha value is 1.32. The van der Waals surface area contributed by atoms with Crippen molar-refractivity contribution in [1.82, 2.24) is 0 Å². The first-order valence-corrected chi connectivity index (χ1v) is 1.84. The van der Waals surface area contributed by atoms with E-state index in [0.717, 1.165) is 0 Å². The summed E-state index contributed by atoms with van der Waals surface area (Å²) in [4.78, 5) is 25.0. The summed E-state index contributed by atoms with van der Waals surface area (Å²) in [7, 11) is 0. The van der Waals surface area contributed by atoms with Gasteiger partial charge in [0.25, 0.3) is 0 Å². The molecule has 0 aliphatic heterocycles. The first kappa shape index (κ1) is 43.3. The van der Waals surface area contributed by atoms with Crippen LogP contribution in [0.2, 0.25) is 0 Å². The van der Waals surface area contributed by atoms with Crippen molar-refractivity contribution in [3.05, 3.63) is 0 Å². The van der Waals surface area contributed by atoms with Crippen LogP contribution in [0, 0.1) is 0 Å². The predicted molar refractivity (Wildman–Crippen MR) is 16.2 cm³/mol. The van der Waals surface area contributed by atoms with Crippen LogP contribution < -0.4 is 119 Å². The van der Waals surface area contributed by atoms with Crippen LogP contribution in [0.5, 0.6) is 0 Å². The van der Waals surface area contributed by atoms with Crippen molar-refractivity contribution in [3.8, 4) is 0 Å². The first-order chi connectivity index (χ1) is 5.20. The second-order valence-electron chi connectivity index (χ2n) is 0.750. The molecule has 0 N–H and O–H groups in total. The fraction of sp³-hybridized carbons (Fsp3) is 0. The van der Waals surface area contributed by atoms with Gasteiger partial charge < -0.3 is 45.0 Å². The summed E-state index contributed by atoms with van der Waals surface area (Å²) in [5, 5.41) is 50.0. The van der Waals surface area contributed by atoms with Crippen LogP contribution in [-0.4, -0.2) is 18.5 Å². The Bertz CT molecular complexity index is 124. The van der Waals surface area contributed by atoms with Crippen LogP contribution in [0.1, 0.15) is 0 Å². The largest absolute Gasteiger partial charge is 3.00 e. The summed E-state index contributed by atoms with van der Waals surface area (Å²) in [5.41, 5.74) is 0. The molecule has 16 heavy (non-hydrogen) atoms. The summed E-state index contributed by atoms with van der Waals surface area (Å²) in [5.74, 6) is 0. The molecule has 0 bridgehead atoms. The molecule has 0 rings (SSSR count). The van der Waals surface area contributed by atoms with Crippen molar-refractivity contribution in [1.29, 1.82) is 0 Å². The standard InChI is InChI=1S/3CH2O3.Co.3Na/c3*2-1(3)4;;;;/h3*(H2,2,3,4);;;;/q;;;+3;3*+1/p-6. The van der Waals surface area contributed by atoms with Crippen molar-refractivity contribution in [3.63, 3.8) is 0 Å². The quantitative estimate of drug-likeness (QED) is 0.391. The molecule has 0 amide bonds. The second kappa shape index (κ2) is 36.0. The molecular weight excluding hydrogens is 308 g/mol. The number of rotatable bonds is 0. The summed E-state index contributed by atoms with van der Waals surface area (Å²) < 4.78 is 0. The monoisotopic (exact) mass is 308 g/mol. The molecule has 0 aromatic carbocycles. The van der Waals surface area contributed by atoms with Gasteiger partial charge in [0.05, 0.1) is 0 Å². The van der Waals surface area contributed by atoms with Gasteiger partial charge in [-0.25, -0.2) is 0 Å². The molecule has 0 fully saturated rings. The fourth-order valence-corrected chi connectivity index (χ4v) is 0. The van der Waals surface area contributed by atoms with Crippen LogP contribution in [0.25, 0.3) is 0 Å². The smallest absolute Gasteiger partial charge is 0.652 e. The van der Waals surface area contributed by atoms with E-state index in [1.165, 1.54) is 0 Å². The van der Waals surface area contributed by atoms with Crippen molar-refractivity contribution >= 4 is 18.5 Å². The van der Waals surface area contributed by atoms with Gasteiger partial charge in [-0.2, -0.15) is 0 Å². The Morgan fingerprint density at radius 1 is 0.500 bits per heavy atom. The van der Waals surface area contributed by atoms with Gasteiger partial charge >= 0.3 is 105 Å². The number of hydrogen-bond acceptors (Lipinski definition) is 9. The molecule has 0 heterocycles. The van der Waals surface area contributed by atoms with Crippen molar-refractivity contribution in [2.45, 2.75) is 0 Å². The Morgan fingerprint density at radius 3 is 0.500 bits per heavy atom. The molecule has 0 saturated carbocycles. The Balaban J connectivity index is -0.0000000135. The predicted octanol–water partition coefficient (Wildman–Crippen LogP) is -16.3. The maximum Gasteiger partial charge on any atom is 3.00 e. The van der Waals surface area contributed by atoms with Gasteiger partial charge in [-0.15, -0.1) is 0 Å². The Morgan fingerprint density at radius 2 is 0.500 bits per heavy atom. The summed E-state index contributed by atoms with van der Waals surface area (Å²) in [6, 6.07) is 0. The van der Waals surface area contributed by atoms with E-state index >= 15 is 0 Å². The number of carbonyl (C=O) groups is 3. The van der Waals surface area contributed by atoms with Crippen LogP contribution in [0.4, 0.5) is 14.4 Å². The van der Waals surface area contributed by atoms with E-state index in [2.05, 4.69) is 0 Å². The van der Waals surface area contributed by atoms with Gasteiger partial charge in [-0.3, -0.25) is 0 Å². The molecule has 0 radical (unpaired) electrons. The molecule has 0 unspecified atom stereocenters. The maximum absolute atomic E-state index is 8.33. The van der Waals surface area contributed by atoms with E-state index in [9.17, 15) is 0 Å². The number of carboxylic acid groups (broad SMARTS) is 6. The van der Waals surface area contributed by atoms with Gasteiger partial charge in [0.1, 0.15) is 0 Å². The third kappa shape index (κ3) is 1810. The van der Waals surface area contributed by atoms with E-state index in [-0.39, 0.29) is 105 Å². The fourth-order valence-electron chi connectivity index (χ4n) is 0. The van der Waals surface area contributed by atoms with Crippen LogP contribution >= 0.6 is 0 Å². The summed E-state index contributed by atoms with van der Waals surface area (Å²) >= 11 is 0. The second-order valence-corrected chi connectivity index (χ2v) is 0.750. The van der Waals surface area contributed by atoms with Crippen molar-refractivity contribution < 1.29 is 150 Å². The van der Waals surface area contributed by atoms with Crippen molar-refractivity contribution in [2.75, 3.05) is 0 Å². The van der Waals surface area contributed by atoms with Gasteiger partial charge in [-0.05, 0) is 18.5 Å². The minimum absolute atomic E-state index is 0. The maximum atomic E-state index is 8.33. The van der Waals surface area contributed by atoms with Gasteiger partial charge in [0.2, 0.25) is 0 Å². The molecule has 0 aliphatic carbocycles. The molecule has 78 valence electrons. The van der Waals surface area contributed by atoms with E-state index < -0.39 is 18.5 Å².